The van der Waals surface area contributed by atoms with Gasteiger partial charge in [-0.05, 0) is 30.2 Å². The van der Waals surface area contributed by atoms with Crippen molar-refractivity contribution >= 4 is 22.5 Å². The molecule has 0 atom stereocenters. The molecule has 3 aromatic carbocycles. The molecule has 4 rings (SSSR count). The molecule has 1 N–H and O–H groups in total. The maximum Gasteiger partial charge on any atom is 0.258 e. The minimum atomic E-state index is -0.191. The molecule has 4 heteroatoms. The highest BCUT2D eigenvalue weighted by atomic mass is 16.1. The van der Waals surface area contributed by atoms with Gasteiger partial charge in [-0.25, -0.2) is 0 Å². The quantitative estimate of drug-likeness (QED) is 0.554. The molecule has 0 saturated heterocycles. The van der Waals surface area contributed by atoms with Crippen LogP contribution >= 0.6 is 0 Å². The summed E-state index contributed by atoms with van der Waals surface area (Å²) >= 11 is 0. The van der Waals surface area contributed by atoms with E-state index in [1.54, 1.807) is 0 Å². The first-order valence-electron chi connectivity index (χ1n) is 8.97. The largest absolute Gasteiger partial charge is 0.322 e. The topological polar surface area (TPSA) is 54.9 Å². The van der Waals surface area contributed by atoms with Gasteiger partial charge in [-0.15, -0.1) is 10.2 Å². The Labute approximate surface area is 157 Å². The number of aryl methyl sites for hydroxylation is 1. The maximum absolute atomic E-state index is 13.2. The van der Waals surface area contributed by atoms with Gasteiger partial charge >= 0.3 is 0 Å². The van der Waals surface area contributed by atoms with Crippen LogP contribution in [0.4, 0.5) is 5.69 Å². The minimum absolute atomic E-state index is 0.191. The van der Waals surface area contributed by atoms with Gasteiger partial charge in [0.15, 0.2) is 0 Å². The number of rotatable bonds is 4. The Morgan fingerprint density at radius 1 is 0.852 bits per heavy atom. The molecule has 0 fully saturated rings. The van der Waals surface area contributed by atoms with Crippen LogP contribution < -0.4 is 5.32 Å². The lowest BCUT2D eigenvalue weighted by Gasteiger charge is -2.12. The summed E-state index contributed by atoms with van der Waals surface area (Å²) in [6.45, 7) is 2.11. The Balaban J connectivity index is 1.81. The number of amides is 1. The number of carbonyl (C=O) groups excluding carboxylic acids is 1. The number of fused-ring (bicyclic) bond motifs is 1. The van der Waals surface area contributed by atoms with E-state index in [1.165, 1.54) is 5.56 Å². The van der Waals surface area contributed by atoms with E-state index in [-0.39, 0.29) is 5.91 Å². The van der Waals surface area contributed by atoms with Gasteiger partial charge in [0.1, 0.15) is 5.69 Å². The van der Waals surface area contributed by atoms with Gasteiger partial charge in [0.25, 0.3) is 5.91 Å². The van der Waals surface area contributed by atoms with Crippen molar-refractivity contribution in [1.29, 1.82) is 0 Å². The first-order valence-corrected chi connectivity index (χ1v) is 8.97. The van der Waals surface area contributed by atoms with E-state index >= 15 is 0 Å². The van der Waals surface area contributed by atoms with Gasteiger partial charge in [-0.3, -0.25) is 4.79 Å². The highest BCUT2D eigenvalue weighted by molar-refractivity contribution is 6.15. The van der Waals surface area contributed by atoms with Crippen molar-refractivity contribution in [1.82, 2.24) is 10.2 Å². The molecule has 0 spiro atoms. The van der Waals surface area contributed by atoms with E-state index in [0.717, 1.165) is 23.1 Å². The highest BCUT2D eigenvalue weighted by Crippen LogP contribution is 2.27. The third-order valence-electron chi connectivity index (χ3n) is 4.56. The van der Waals surface area contributed by atoms with Crippen LogP contribution in [-0.4, -0.2) is 16.1 Å². The average Bonchev–Trinajstić information content (AvgIpc) is 2.74. The highest BCUT2D eigenvalue weighted by Gasteiger charge is 2.19. The van der Waals surface area contributed by atoms with Crippen LogP contribution in [0.15, 0.2) is 78.9 Å². The van der Waals surface area contributed by atoms with Crippen LogP contribution in [0.25, 0.3) is 22.2 Å². The van der Waals surface area contributed by atoms with Gasteiger partial charge in [0.2, 0.25) is 0 Å². The third kappa shape index (κ3) is 3.42. The first kappa shape index (κ1) is 16.9. The van der Waals surface area contributed by atoms with Crippen LogP contribution in [-0.2, 0) is 6.42 Å². The zero-order valence-electron chi connectivity index (χ0n) is 15.0. The van der Waals surface area contributed by atoms with Crippen LogP contribution in [0, 0.1) is 0 Å². The monoisotopic (exact) mass is 353 g/mol. The molecule has 0 aliphatic carbocycles. The summed E-state index contributed by atoms with van der Waals surface area (Å²) in [6.07, 6.45) is 0.964. The summed E-state index contributed by atoms with van der Waals surface area (Å²) in [7, 11) is 0. The molecular formula is C23H19N3O. The fourth-order valence-corrected chi connectivity index (χ4v) is 3.10. The number of nitrogens with one attached hydrogen (secondary N) is 1. The molecule has 4 aromatic rings. The fraction of sp³-hybridized carbons (Fsp3) is 0.0870. The summed E-state index contributed by atoms with van der Waals surface area (Å²) in [6, 6.07) is 25.1. The Kier molecular flexibility index (Phi) is 4.62. The van der Waals surface area contributed by atoms with Gasteiger partial charge < -0.3 is 5.32 Å². The lowest BCUT2D eigenvalue weighted by molar-refractivity contribution is 0.102. The third-order valence-corrected chi connectivity index (χ3v) is 4.56. The Morgan fingerprint density at radius 3 is 2.30 bits per heavy atom. The SMILES string of the molecule is CCc1ccc(NC(=O)c2c(-c3ccccc3)nnc3ccccc23)cc1. The van der Waals surface area contributed by atoms with Gasteiger partial charge in [0.05, 0.1) is 11.1 Å². The molecular weight excluding hydrogens is 334 g/mol. The second kappa shape index (κ2) is 7.38. The number of aromatic nitrogens is 2. The van der Waals surface area contributed by atoms with E-state index in [4.69, 9.17) is 0 Å². The van der Waals surface area contributed by atoms with Crippen LogP contribution in [0.2, 0.25) is 0 Å². The fourth-order valence-electron chi connectivity index (χ4n) is 3.10. The molecule has 0 aliphatic rings. The van der Waals surface area contributed by atoms with Crippen LogP contribution in [0.1, 0.15) is 22.8 Å². The van der Waals surface area contributed by atoms with Crippen LogP contribution in [0.3, 0.4) is 0 Å². The summed E-state index contributed by atoms with van der Waals surface area (Å²) in [5, 5.41) is 12.4. The molecule has 1 heterocycles. The predicted molar refractivity (Wildman–Crippen MR) is 109 cm³/mol. The van der Waals surface area contributed by atoms with Crippen LogP contribution in [0.5, 0.6) is 0 Å². The Bertz CT molecular complexity index is 1090. The number of nitrogens with zero attached hydrogens (tertiary/aromatic N) is 2. The van der Waals surface area contributed by atoms with E-state index in [9.17, 15) is 4.79 Å². The van der Waals surface area contributed by atoms with Gasteiger partial charge in [-0.2, -0.15) is 0 Å². The number of hydrogen-bond donors (Lipinski definition) is 1. The molecule has 0 unspecified atom stereocenters. The van der Waals surface area contributed by atoms with Crippen molar-refractivity contribution in [3.05, 3.63) is 90.0 Å². The molecule has 27 heavy (non-hydrogen) atoms. The van der Waals surface area contributed by atoms with Crippen molar-refractivity contribution in [3.8, 4) is 11.3 Å². The molecule has 0 saturated carbocycles. The summed E-state index contributed by atoms with van der Waals surface area (Å²) < 4.78 is 0. The van der Waals surface area contributed by atoms with E-state index < -0.39 is 0 Å². The molecule has 0 radical (unpaired) electrons. The van der Waals surface area contributed by atoms with Crippen molar-refractivity contribution in [3.63, 3.8) is 0 Å². The number of carbonyl (C=O) groups is 1. The van der Waals surface area contributed by atoms with E-state index in [0.29, 0.717) is 16.8 Å². The van der Waals surface area contributed by atoms with E-state index in [1.807, 2.05) is 78.9 Å². The lowest BCUT2D eigenvalue weighted by Crippen LogP contribution is -2.15. The molecule has 1 aromatic heterocycles. The normalized spacial score (nSPS) is 10.7. The van der Waals surface area contributed by atoms with Gasteiger partial charge in [-0.1, -0.05) is 67.6 Å². The van der Waals surface area contributed by atoms with Crippen molar-refractivity contribution in [2.24, 2.45) is 0 Å². The van der Waals surface area contributed by atoms with Crippen molar-refractivity contribution < 1.29 is 4.79 Å². The van der Waals surface area contributed by atoms with Crippen molar-refractivity contribution in [2.45, 2.75) is 13.3 Å². The minimum Gasteiger partial charge on any atom is -0.322 e. The molecule has 1 amide bonds. The summed E-state index contributed by atoms with van der Waals surface area (Å²) in [5.41, 5.74) is 4.67. The summed E-state index contributed by atoms with van der Waals surface area (Å²) in [4.78, 5) is 13.2. The second-order valence-corrected chi connectivity index (χ2v) is 6.31. The van der Waals surface area contributed by atoms with E-state index in [2.05, 4.69) is 22.4 Å². The second-order valence-electron chi connectivity index (χ2n) is 6.31. The average molecular weight is 353 g/mol. The standard InChI is InChI=1S/C23H19N3O/c1-2-16-12-14-18(15-13-16)24-23(27)21-19-10-6-7-11-20(19)25-26-22(21)17-8-4-3-5-9-17/h3-15H,2H2,1H3,(H,24,27). The van der Waals surface area contributed by atoms with Gasteiger partial charge in [0, 0.05) is 16.6 Å². The summed E-state index contributed by atoms with van der Waals surface area (Å²) in [5.74, 6) is -0.191. The zero-order chi connectivity index (χ0) is 18.6. The van der Waals surface area contributed by atoms with Crippen molar-refractivity contribution in [2.75, 3.05) is 5.32 Å². The number of anilines is 1. The molecule has 4 nitrogen and oxygen atoms in total. The smallest absolute Gasteiger partial charge is 0.258 e. The molecule has 0 bridgehead atoms. The first-order chi connectivity index (χ1) is 13.3. The lowest BCUT2D eigenvalue weighted by atomic mass is 10.0. The number of hydrogen-bond acceptors (Lipinski definition) is 3. The number of benzene rings is 3. The molecule has 0 aliphatic heterocycles. The Hall–Kier alpha value is -3.53. The predicted octanol–water partition coefficient (Wildman–Crippen LogP) is 5.11. The Morgan fingerprint density at radius 2 is 1.56 bits per heavy atom. The molecule has 132 valence electrons. The maximum atomic E-state index is 13.2. The zero-order valence-corrected chi connectivity index (χ0v) is 15.0.